The van der Waals surface area contributed by atoms with Crippen LogP contribution >= 0.6 is 11.8 Å². The number of rotatable bonds is 4. The fourth-order valence-electron chi connectivity index (χ4n) is 1.45. The Bertz CT molecular complexity index is 156. The van der Waals surface area contributed by atoms with Crippen molar-refractivity contribution in [2.75, 3.05) is 32.4 Å². The van der Waals surface area contributed by atoms with Gasteiger partial charge in [-0.1, -0.05) is 0 Å². The maximum atomic E-state index is 2.41. The van der Waals surface area contributed by atoms with Crippen LogP contribution in [0.5, 0.6) is 0 Å². The molecule has 0 aromatic rings. The molecule has 0 aliphatic carbocycles. The molecule has 0 atom stereocenters. The first-order chi connectivity index (χ1) is 6.24. The lowest BCUT2D eigenvalue weighted by atomic mass is 10.5. The quantitative estimate of drug-likeness (QED) is 0.392. The first-order valence-corrected chi connectivity index (χ1v) is 6.38. The van der Waals surface area contributed by atoms with Gasteiger partial charge in [0.1, 0.15) is 0 Å². The largest absolute Gasteiger partial charge is 0.308 e. The summed E-state index contributed by atoms with van der Waals surface area (Å²) >= 11 is 1.85. The summed E-state index contributed by atoms with van der Waals surface area (Å²) in [5.74, 6) is 0. The second kappa shape index (κ2) is 7.25. The number of hydrogen-bond acceptors (Lipinski definition) is 1. The predicted octanol–water partition coefficient (Wildman–Crippen LogP) is 2.10. The van der Waals surface area contributed by atoms with Crippen LogP contribution in [-0.2, 0) is 0 Å². The Morgan fingerprint density at radius 3 is 1.77 bits per heavy atom. The molecule has 0 saturated heterocycles. The fourth-order valence-corrected chi connectivity index (χ4v) is 2.48. The molecule has 0 aromatic carbocycles. The molecular weight excluding hydrogens is 180 g/mol. The minimum atomic E-state index is 1.10. The van der Waals surface area contributed by atoms with Crippen LogP contribution in [0.1, 0.15) is 27.7 Å². The lowest BCUT2D eigenvalue weighted by Gasteiger charge is -2.17. The zero-order chi connectivity index (χ0) is 10.3. The molecule has 0 radical (unpaired) electrons. The lowest BCUT2D eigenvalue weighted by Crippen LogP contribution is -2.36. The molecule has 0 aromatic heterocycles. The summed E-state index contributed by atoms with van der Waals surface area (Å²) < 4.78 is 2.41. The van der Waals surface area contributed by atoms with Crippen LogP contribution in [0.2, 0.25) is 0 Å². The van der Waals surface area contributed by atoms with Crippen molar-refractivity contribution in [1.29, 1.82) is 0 Å². The minimum absolute atomic E-state index is 1.10. The first kappa shape index (κ1) is 12.8. The Labute approximate surface area is 87.0 Å². The highest BCUT2D eigenvalue weighted by atomic mass is 32.2. The SMILES string of the molecule is CCN(CC)C(SC)=[N+](CC)CC. The maximum absolute atomic E-state index is 2.41. The Morgan fingerprint density at radius 2 is 1.54 bits per heavy atom. The normalized spacial score (nSPS) is 9.92. The van der Waals surface area contributed by atoms with Crippen molar-refractivity contribution in [1.82, 2.24) is 4.90 Å². The van der Waals surface area contributed by atoms with Crippen LogP contribution in [-0.4, -0.2) is 47.1 Å². The number of nitrogens with zero attached hydrogens (tertiary/aromatic N) is 2. The molecule has 0 unspecified atom stereocenters. The summed E-state index contributed by atoms with van der Waals surface area (Å²) in [5.41, 5.74) is 0. The Morgan fingerprint density at radius 1 is 1.08 bits per heavy atom. The third-order valence-corrected chi connectivity index (χ3v) is 3.13. The summed E-state index contributed by atoms with van der Waals surface area (Å²) in [6.45, 7) is 13.2. The number of amidine groups is 1. The van der Waals surface area contributed by atoms with E-state index in [9.17, 15) is 0 Å². The van der Waals surface area contributed by atoms with Crippen LogP contribution in [0.4, 0.5) is 0 Å². The lowest BCUT2D eigenvalue weighted by molar-refractivity contribution is -0.522. The highest BCUT2D eigenvalue weighted by Crippen LogP contribution is 2.04. The van der Waals surface area contributed by atoms with E-state index in [2.05, 4.69) is 43.4 Å². The van der Waals surface area contributed by atoms with Gasteiger partial charge in [0, 0.05) is 0 Å². The molecular formula is C10H23N2S+. The van der Waals surface area contributed by atoms with E-state index in [4.69, 9.17) is 0 Å². The van der Waals surface area contributed by atoms with Crippen molar-refractivity contribution in [2.24, 2.45) is 0 Å². The summed E-state index contributed by atoms with van der Waals surface area (Å²) in [6.07, 6.45) is 2.16. The van der Waals surface area contributed by atoms with Gasteiger partial charge in [0.25, 0.3) is 0 Å². The van der Waals surface area contributed by atoms with Crippen molar-refractivity contribution in [2.45, 2.75) is 27.7 Å². The van der Waals surface area contributed by atoms with Crippen LogP contribution in [0.15, 0.2) is 0 Å². The fraction of sp³-hybridized carbons (Fsp3) is 0.900. The predicted molar refractivity (Wildman–Crippen MR) is 62.8 cm³/mol. The molecule has 0 aliphatic heterocycles. The van der Waals surface area contributed by atoms with Crippen molar-refractivity contribution < 1.29 is 4.58 Å². The van der Waals surface area contributed by atoms with Gasteiger partial charge in [-0.25, -0.2) is 0 Å². The van der Waals surface area contributed by atoms with E-state index in [0.29, 0.717) is 0 Å². The van der Waals surface area contributed by atoms with Gasteiger partial charge in [-0.05, 0) is 45.7 Å². The van der Waals surface area contributed by atoms with Gasteiger partial charge in [-0.3, -0.25) is 9.48 Å². The molecule has 0 aliphatic rings. The average Bonchev–Trinajstić information content (AvgIpc) is 2.18. The average molecular weight is 203 g/mol. The molecule has 13 heavy (non-hydrogen) atoms. The van der Waals surface area contributed by atoms with E-state index in [0.717, 1.165) is 26.2 Å². The number of hydrogen-bond donors (Lipinski definition) is 0. The highest BCUT2D eigenvalue weighted by molar-refractivity contribution is 8.12. The van der Waals surface area contributed by atoms with E-state index < -0.39 is 0 Å². The third-order valence-electron chi connectivity index (χ3n) is 2.25. The van der Waals surface area contributed by atoms with Gasteiger partial charge in [0.05, 0.1) is 26.2 Å². The molecule has 0 fully saturated rings. The second-order valence-corrected chi connectivity index (χ2v) is 3.60. The van der Waals surface area contributed by atoms with Crippen molar-refractivity contribution in [3.8, 4) is 0 Å². The maximum Gasteiger partial charge on any atom is 0.308 e. The minimum Gasteiger partial charge on any atom is -0.257 e. The molecule has 0 spiro atoms. The van der Waals surface area contributed by atoms with Crippen molar-refractivity contribution in [3.05, 3.63) is 0 Å². The van der Waals surface area contributed by atoms with E-state index in [1.54, 1.807) is 0 Å². The molecule has 78 valence electrons. The van der Waals surface area contributed by atoms with E-state index >= 15 is 0 Å². The van der Waals surface area contributed by atoms with Gasteiger partial charge < -0.3 is 0 Å². The zero-order valence-electron chi connectivity index (χ0n) is 9.63. The Kier molecular flexibility index (Phi) is 7.14. The molecule has 2 nitrogen and oxygen atoms in total. The second-order valence-electron chi connectivity index (χ2n) is 2.83. The van der Waals surface area contributed by atoms with E-state index in [1.165, 1.54) is 5.17 Å². The molecule has 0 heterocycles. The molecule has 0 saturated carbocycles. The van der Waals surface area contributed by atoms with Crippen LogP contribution in [0.25, 0.3) is 0 Å². The van der Waals surface area contributed by atoms with Gasteiger partial charge in [0.2, 0.25) is 0 Å². The molecule has 0 rings (SSSR count). The first-order valence-electron chi connectivity index (χ1n) is 5.15. The Hall–Kier alpha value is -0.180. The standard InChI is InChI=1S/C10H23N2S/c1-6-11(7-2)10(13-5)12(8-3)9-4/h6-9H2,1-5H3/q+1. The van der Waals surface area contributed by atoms with Gasteiger partial charge in [-0.15, -0.1) is 0 Å². The third kappa shape index (κ3) is 3.59. The molecule has 0 N–H and O–H groups in total. The highest BCUT2D eigenvalue weighted by Gasteiger charge is 2.16. The van der Waals surface area contributed by atoms with Crippen molar-refractivity contribution in [3.63, 3.8) is 0 Å². The van der Waals surface area contributed by atoms with E-state index in [-0.39, 0.29) is 0 Å². The molecule has 3 heteroatoms. The topological polar surface area (TPSA) is 6.25 Å². The van der Waals surface area contributed by atoms with Gasteiger partial charge in [0.15, 0.2) is 0 Å². The van der Waals surface area contributed by atoms with Gasteiger partial charge >= 0.3 is 5.17 Å². The summed E-state index contributed by atoms with van der Waals surface area (Å²) in [4.78, 5) is 2.41. The van der Waals surface area contributed by atoms with Crippen molar-refractivity contribution >= 4 is 16.9 Å². The monoisotopic (exact) mass is 203 g/mol. The smallest absolute Gasteiger partial charge is 0.257 e. The van der Waals surface area contributed by atoms with Crippen LogP contribution < -0.4 is 0 Å². The van der Waals surface area contributed by atoms with Crippen LogP contribution in [0, 0.1) is 0 Å². The Balaban J connectivity index is 4.69. The molecule has 0 bridgehead atoms. The summed E-state index contributed by atoms with van der Waals surface area (Å²) in [7, 11) is 0. The molecule has 0 amide bonds. The summed E-state index contributed by atoms with van der Waals surface area (Å²) in [6, 6.07) is 0. The van der Waals surface area contributed by atoms with E-state index in [1.807, 2.05) is 11.8 Å². The summed E-state index contributed by atoms with van der Waals surface area (Å²) in [5, 5.41) is 1.41. The van der Waals surface area contributed by atoms with Crippen LogP contribution in [0.3, 0.4) is 0 Å². The number of thioether (sulfide) groups is 1. The zero-order valence-corrected chi connectivity index (χ0v) is 10.4. The van der Waals surface area contributed by atoms with Gasteiger partial charge in [-0.2, -0.15) is 0 Å².